The quantitative estimate of drug-likeness (QED) is 0.507. The summed E-state index contributed by atoms with van der Waals surface area (Å²) >= 11 is 0. The summed E-state index contributed by atoms with van der Waals surface area (Å²) in [5, 5.41) is 8.91. The Hall–Kier alpha value is -0.670. The third-order valence-electron chi connectivity index (χ3n) is 2.97. The second-order valence-electron chi connectivity index (χ2n) is 4.24. The van der Waals surface area contributed by atoms with Crippen molar-refractivity contribution in [3.05, 3.63) is 12.2 Å². The minimum absolute atomic E-state index is 0.237. The molecular weight excluding hydrogens is 200 g/mol. The summed E-state index contributed by atoms with van der Waals surface area (Å²) in [6.45, 7) is 3.97. The Bertz CT molecular complexity index is 226. The molecule has 3 nitrogen and oxygen atoms in total. The lowest BCUT2D eigenvalue weighted by Gasteiger charge is -2.21. The van der Waals surface area contributed by atoms with Crippen LogP contribution in [0.15, 0.2) is 17.1 Å². The Morgan fingerprint density at radius 2 is 2.31 bits per heavy atom. The maximum atomic E-state index is 8.91. The number of β-amino-alcohol motifs (C(OH)–C–C–N with tert-alkyl or cyclic N) is 1. The van der Waals surface area contributed by atoms with Crippen molar-refractivity contribution in [1.82, 2.24) is 4.90 Å². The van der Waals surface area contributed by atoms with E-state index in [0.717, 1.165) is 19.5 Å². The van der Waals surface area contributed by atoms with Gasteiger partial charge in [0.15, 0.2) is 0 Å². The highest BCUT2D eigenvalue weighted by Gasteiger charge is 2.19. The number of allylic oxidation sites excluding steroid dienone is 2. The lowest BCUT2D eigenvalue weighted by Crippen LogP contribution is -2.32. The summed E-state index contributed by atoms with van der Waals surface area (Å²) < 4.78 is 0. The van der Waals surface area contributed by atoms with Gasteiger partial charge in [-0.05, 0) is 32.6 Å². The monoisotopic (exact) mass is 224 g/mol. The fraction of sp³-hybridized carbons (Fsp3) is 0.769. The van der Waals surface area contributed by atoms with Crippen molar-refractivity contribution in [3.8, 4) is 0 Å². The van der Waals surface area contributed by atoms with Gasteiger partial charge in [0, 0.05) is 19.3 Å². The van der Waals surface area contributed by atoms with Gasteiger partial charge in [0.1, 0.15) is 6.17 Å². The molecule has 0 amide bonds. The number of hydrogen-bond acceptors (Lipinski definition) is 3. The summed E-state index contributed by atoms with van der Waals surface area (Å²) in [4.78, 5) is 6.69. The first-order chi connectivity index (χ1) is 7.88. The maximum Gasteiger partial charge on any atom is 0.102 e. The predicted molar refractivity (Wildman–Crippen MR) is 68.8 cm³/mol. The molecule has 92 valence electrons. The van der Waals surface area contributed by atoms with Gasteiger partial charge in [0.2, 0.25) is 0 Å². The second-order valence-corrected chi connectivity index (χ2v) is 4.24. The summed E-state index contributed by atoms with van der Waals surface area (Å²) in [6.07, 6.45) is 12.8. The smallest absolute Gasteiger partial charge is 0.102 e. The molecule has 0 radical (unpaired) electrons. The van der Waals surface area contributed by atoms with Crippen molar-refractivity contribution in [2.24, 2.45) is 4.99 Å². The molecule has 1 atom stereocenters. The number of aliphatic hydroxyl groups excluding tert-OH is 1. The zero-order valence-electron chi connectivity index (χ0n) is 10.3. The maximum absolute atomic E-state index is 8.91. The van der Waals surface area contributed by atoms with Crippen LogP contribution < -0.4 is 0 Å². The van der Waals surface area contributed by atoms with Crippen LogP contribution in [0.4, 0.5) is 0 Å². The van der Waals surface area contributed by atoms with E-state index < -0.39 is 0 Å². The van der Waals surface area contributed by atoms with Crippen molar-refractivity contribution in [1.29, 1.82) is 0 Å². The molecule has 0 aromatic rings. The van der Waals surface area contributed by atoms with E-state index in [9.17, 15) is 0 Å². The minimum atomic E-state index is 0.237. The molecule has 16 heavy (non-hydrogen) atoms. The van der Waals surface area contributed by atoms with Crippen LogP contribution in [0, 0.1) is 0 Å². The van der Waals surface area contributed by atoms with Crippen LogP contribution in [0.2, 0.25) is 0 Å². The largest absolute Gasteiger partial charge is 0.395 e. The van der Waals surface area contributed by atoms with E-state index in [0.29, 0.717) is 6.17 Å². The number of aliphatic imine (C=N–C) groups is 1. The fourth-order valence-corrected chi connectivity index (χ4v) is 2.05. The Morgan fingerprint density at radius 1 is 1.44 bits per heavy atom. The first kappa shape index (κ1) is 13.4. The number of rotatable bonds is 8. The Kier molecular flexibility index (Phi) is 7.10. The van der Waals surface area contributed by atoms with Gasteiger partial charge in [-0.2, -0.15) is 0 Å². The average Bonchev–Trinajstić information content (AvgIpc) is 2.72. The third kappa shape index (κ3) is 4.90. The van der Waals surface area contributed by atoms with E-state index in [4.69, 9.17) is 5.11 Å². The van der Waals surface area contributed by atoms with Gasteiger partial charge < -0.3 is 5.11 Å². The van der Waals surface area contributed by atoms with Crippen molar-refractivity contribution in [3.63, 3.8) is 0 Å². The Balaban J connectivity index is 2.05. The zero-order chi connectivity index (χ0) is 11.6. The summed E-state index contributed by atoms with van der Waals surface area (Å²) in [5.41, 5.74) is 0. The molecule has 1 heterocycles. The Morgan fingerprint density at radius 3 is 3.06 bits per heavy atom. The number of hydrogen-bond donors (Lipinski definition) is 1. The van der Waals surface area contributed by atoms with Crippen LogP contribution in [-0.2, 0) is 0 Å². The molecule has 0 fully saturated rings. The summed E-state index contributed by atoms with van der Waals surface area (Å²) in [5.74, 6) is 0. The van der Waals surface area contributed by atoms with E-state index in [1.807, 2.05) is 6.21 Å². The van der Waals surface area contributed by atoms with E-state index in [2.05, 4.69) is 29.0 Å². The second kappa shape index (κ2) is 8.48. The van der Waals surface area contributed by atoms with Gasteiger partial charge in [0.05, 0.1) is 6.61 Å². The Labute approximate surface area is 98.9 Å². The molecule has 0 aromatic carbocycles. The van der Waals surface area contributed by atoms with Crippen LogP contribution in [0.25, 0.3) is 0 Å². The van der Waals surface area contributed by atoms with Gasteiger partial charge in [-0.3, -0.25) is 9.89 Å². The molecule has 0 saturated heterocycles. The van der Waals surface area contributed by atoms with Crippen molar-refractivity contribution in [2.75, 3.05) is 19.7 Å². The fourth-order valence-electron chi connectivity index (χ4n) is 2.05. The van der Waals surface area contributed by atoms with E-state index in [1.54, 1.807) is 0 Å². The lowest BCUT2D eigenvalue weighted by atomic mass is 10.1. The molecule has 0 saturated carbocycles. The first-order valence-electron chi connectivity index (χ1n) is 6.36. The molecule has 3 heteroatoms. The lowest BCUT2D eigenvalue weighted by molar-refractivity contribution is 0.176. The normalized spacial score (nSPS) is 21.2. The first-order valence-corrected chi connectivity index (χ1v) is 6.36. The van der Waals surface area contributed by atoms with Crippen LogP contribution in [-0.4, -0.2) is 42.1 Å². The van der Waals surface area contributed by atoms with Crippen LogP contribution in [0.3, 0.4) is 0 Å². The predicted octanol–water partition coefficient (Wildman–Crippen LogP) is 2.22. The SMILES string of the molecule is C/C=C/CCCCCC1N=CCN1CCO. The highest BCUT2D eigenvalue weighted by Crippen LogP contribution is 2.14. The molecule has 1 aliphatic heterocycles. The molecule has 0 aromatic heterocycles. The van der Waals surface area contributed by atoms with Crippen molar-refractivity contribution in [2.45, 2.75) is 45.2 Å². The summed E-state index contributed by atoms with van der Waals surface area (Å²) in [7, 11) is 0. The zero-order valence-corrected chi connectivity index (χ0v) is 10.3. The molecule has 1 aliphatic rings. The van der Waals surface area contributed by atoms with Crippen molar-refractivity contribution >= 4 is 6.21 Å². The average molecular weight is 224 g/mol. The number of aliphatic hydroxyl groups is 1. The van der Waals surface area contributed by atoms with E-state index >= 15 is 0 Å². The summed E-state index contributed by atoms with van der Waals surface area (Å²) in [6, 6.07) is 0. The molecule has 0 spiro atoms. The minimum Gasteiger partial charge on any atom is -0.395 e. The highest BCUT2D eigenvalue weighted by atomic mass is 16.3. The van der Waals surface area contributed by atoms with Gasteiger partial charge in [0.25, 0.3) is 0 Å². The van der Waals surface area contributed by atoms with Crippen LogP contribution in [0.1, 0.15) is 39.0 Å². The standard InChI is InChI=1S/C13H24N2O/c1-2-3-4-5-6-7-8-13-14-9-10-15(13)11-12-16/h2-3,9,13,16H,4-8,10-12H2,1H3/b3-2+. The topological polar surface area (TPSA) is 35.8 Å². The van der Waals surface area contributed by atoms with E-state index in [-0.39, 0.29) is 6.61 Å². The van der Waals surface area contributed by atoms with E-state index in [1.165, 1.54) is 25.7 Å². The van der Waals surface area contributed by atoms with Gasteiger partial charge in [-0.1, -0.05) is 18.6 Å². The molecule has 0 bridgehead atoms. The van der Waals surface area contributed by atoms with Gasteiger partial charge in [-0.25, -0.2) is 0 Å². The molecule has 1 unspecified atom stereocenters. The molecule has 1 rings (SSSR count). The highest BCUT2D eigenvalue weighted by molar-refractivity contribution is 5.62. The molecule has 1 N–H and O–H groups in total. The van der Waals surface area contributed by atoms with Crippen LogP contribution >= 0.6 is 0 Å². The molecule has 0 aliphatic carbocycles. The number of nitrogens with zero attached hydrogens (tertiary/aromatic N) is 2. The van der Waals surface area contributed by atoms with Crippen molar-refractivity contribution < 1.29 is 5.11 Å². The van der Waals surface area contributed by atoms with Gasteiger partial charge in [-0.15, -0.1) is 0 Å². The third-order valence-corrected chi connectivity index (χ3v) is 2.97. The molecular formula is C13H24N2O. The van der Waals surface area contributed by atoms with Gasteiger partial charge >= 0.3 is 0 Å². The number of unbranched alkanes of at least 4 members (excludes halogenated alkanes) is 3. The van der Waals surface area contributed by atoms with Crippen LogP contribution in [0.5, 0.6) is 0 Å².